The van der Waals surface area contributed by atoms with Crippen molar-refractivity contribution in [2.45, 2.75) is 6.61 Å². The van der Waals surface area contributed by atoms with Crippen LogP contribution >= 0.6 is 11.6 Å². The maximum Gasteiger partial charge on any atom is 0.253 e. The quantitative estimate of drug-likeness (QED) is 0.254. The van der Waals surface area contributed by atoms with Crippen LogP contribution in [0, 0.1) is 0 Å². The second-order valence-electron chi connectivity index (χ2n) is 8.93. The number of aromatic nitrogens is 2. The van der Waals surface area contributed by atoms with Crippen molar-refractivity contribution < 1.29 is 14.7 Å². The summed E-state index contributed by atoms with van der Waals surface area (Å²) in [7, 11) is 3.62. The van der Waals surface area contributed by atoms with Crippen LogP contribution in [0.5, 0.6) is 0 Å². The van der Waals surface area contributed by atoms with Crippen LogP contribution < -0.4 is 26.2 Å². The summed E-state index contributed by atoms with van der Waals surface area (Å²) < 4.78 is 0. The molecule has 11 nitrogen and oxygen atoms in total. The zero-order chi connectivity index (χ0) is 27.9. The van der Waals surface area contributed by atoms with E-state index in [0.717, 1.165) is 31.9 Å². The number of halogens is 1. The Morgan fingerprint density at radius 1 is 1.10 bits per heavy atom. The molecule has 1 aliphatic heterocycles. The summed E-state index contributed by atoms with van der Waals surface area (Å²) in [6, 6.07) is 10.6. The highest BCUT2D eigenvalue weighted by molar-refractivity contribution is 6.33. The number of benzene rings is 2. The van der Waals surface area contributed by atoms with Gasteiger partial charge in [0.2, 0.25) is 11.9 Å². The second kappa shape index (κ2) is 12.6. The minimum atomic E-state index is -0.350. The first-order valence-electron chi connectivity index (χ1n) is 12.3. The molecule has 0 spiro atoms. The summed E-state index contributed by atoms with van der Waals surface area (Å²) in [5.74, 6) is -0.131. The Morgan fingerprint density at radius 2 is 1.85 bits per heavy atom. The third-order valence-electron chi connectivity index (χ3n) is 6.32. The van der Waals surface area contributed by atoms with Gasteiger partial charge in [-0.1, -0.05) is 30.3 Å². The van der Waals surface area contributed by atoms with Gasteiger partial charge in [0, 0.05) is 44.5 Å². The van der Waals surface area contributed by atoms with E-state index in [1.165, 1.54) is 12.3 Å². The monoisotopic (exact) mass is 550 g/mol. The maximum absolute atomic E-state index is 12.3. The fraction of sp³-hybridized carbons (Fsp3) is 0.259. The lowest BCUT2D eigenvalue weighted by molar-refractivity contribution is -0.111. The smallest absolute Gasteiger partial charge is 0.253 e. The number of aliphatic hydroxyl groups is 1. The number of piperazine rings is 1. The average Bonchev–Trinajstić information content (AvgIpc) is 2.95. The van der Waals surface area contributed by atoms with Crippen molar-refractivity contribution in [3.63, 3.8) is 0 Å². The van der Waals surface area contributed by atoms with E-state index in [1.54, 1.807) is 37.4 Å². The molecule has 5 N–H and O–H groups in total. The number of nitrogens with one attached hydrogen (secondary N) is 4. The molecule has 0 radical (unpaired) electrons. The summed E-state index contributed by atoms with van der Waals surface area (Å²) in [6.45, 7) is 6.61. The van der Waals surface area contributed by atoms with Crippen LogP contribution in [0.25, 0.3) is 0 Å². The molecule has 39 heavy (non-hydrogen) atoms. The number of carbonyl (C=O) groups is 2. The SMILES string of the molecule is C=CC(=O)Nc1cc(Nc2ncc(Cl)c(Nc3ccccc3C(=O)NC)n2)c(CO)cc1N1CCN(C)CC1. The van der Waals surface area contributed by atoms with Crippen LogP contribution in [-0.4, -0.2) is 72.1 Å². The van der Waals surface area contributed by atoms with E-state index in [9.17, 15) is 14.7 Å². The van der Waals surface area contributed by atoms with Crippen molar-refractivity contribution in [2.24, 2.45) is 0 Å². The molecule has 1 aliphatic rings. The molecule has 0 unspecified atom stereocenters. The Hall–Kier alpha value is -4.19. The number of nitrogens with zero attached hydrogens (tertiary/aromatic N) is 4. The van der Waals surface area contributed by atoms with Crippen molar-refractivity contribution in [1.29, 1.82) is 0 Å². The molecule has 0 saturated carbocycles. The molecule has 4 rings (SSSR count). The summed E-state index contributed by atoms with van der Waals surface area (Å²) in [6.07, 6.45) is 2.64. The van der Waals surface area contributed by atoms with Crippen LogP contribution in [0.3, 0.4) is 0 Å². The van der Waals surface area contributed by atoms with Gasteiger partial charge in [0.1, 0.15) is 5.02 Å². The number of carbonyl (C=O) groups excluding carboxylic acids is 2. The lowest BCUT2D eigenvalue weighted by Crippen LogP contribution is -2.44. The molecule has 1 fully saturated rings. The molecule has 1 aromatic heterocycles. The van der Waals surface area contributed by atoms with E-state index in [2.05, 4.69) is 54.7 Å². The van der Waals surface area contributed by atoms with Gasteiger partial charge >= 0.3 is 0 Å². The van der Waals surface area contributed by atoms with Gasteiger partial charge < -0.3 is 36.2 Å². The molecular formula is C27H31ClN8O3. The van der Waals surface area contributed by atoms with E-state index >= 15 is 0 Å². The minimum Gasteiger partial charge on any atom is -0.392 e. The first-order valence-corrected chi connectivity index (χ1v) is 12.7. The fourth-order valence-corrected chi connectivity index (χ4v) is 4.30. The van der Waals surface area contributed by atoms with E-state index in [1.807, 2.05) is 6.07 Å². The number of hydrogen-bond acceptors (Lipinski definition) is 9. The van der Waals surface area contributed by atoms with E-state index in [0.29, 0.717) is 28.2 Å². The van der Waals surface area contributed by atoms with Crippen molar-refractivity contribution >= 4 is 57.9 Å². The van der Waals surface area contributed by atoms with Gasteiger partial charge in [0.05, 0.1) is 35.4 Å². The zero-order valence-corrected chi connectivity index (χ0v) is 22.5. The van der Waals surface area contributed by atoms with E-state index < -0.39 is 0 Å². The lowest BCUT2D eigenvalue weighted by atomic mass is 10.1. The largest absolute Gasteiger partial charge is 0.392 e. The molecule has 0 aliphatic carbocycles. The minimum absolute atomic E-state index is 0.197. The van der Waals surface area contributed by atoms with Crippen LogP contribution in [0.1, 0.15) is 15.9 Å². The second-order valence-corrected chi connectivity index (χ2v) is 9.34. The Morgan fingerprint density at radius 3 is 2.54 bits per heavy atom. The normalized spacial score (nSPS) is 13.5. The predicted molar refractivity (Wildman–Crippen MR) is 154 cm³/mol. The summed E-state index contributed by atoms with van der Waals surface area (Å²) >= 11 is 6.37. The van der Waals surface area contributed by atoms with Crippen molar-refractivity contribution in [1.82, 2.24) is 20.2 Å². The summed E-state index contributed by atoms with van der Waals surface area (Å²) in [5, 5.41) is 22.2. The van der Waals surface area contributed by atoms with Crippen LogP contribution in [0.4, 0.5) is 34.5 Å². The van der Waals surface area contributed by atoms with Crippen LogP contribution in [0.2, 0.25) is 5.02 Å². The first kappa shape index (κ1) is 27.8. The van der Waals surface area contributed by atoms with E-state index in [4.69, 9.17) is 11.6 Å². The molecule has 2 amide bonds. The molecular weight excluding hydrogens is 520 g/mol. The molecule has 1 saturated heterocycles. The molecule has 2 heterocycles. The van der Waals surface area contributed by atoms with Gasteiger partial charge in [-0.15, -0.1) is 0 Å². The molecule has 2 aromatic carbocycles. The highest BCUT2D eigenvalue weighted by Gasteiger charge is 2.21. The van der Waals surface area contributed by atoms with Crippen molar-refractivity contribution in [2.75, 3.05) is 61.1 Å². The number of aliphatic hydroxyl groups excluding tert-OH is 1. The molecule has 12 heteroatoms. The lowest BCUT2D eigenvalue weighted by Gasteiger charge is -2.35. The van der Waals surface area contributed by atoms with Gasteiger partial charge in [0.25, 0.3) is 5.91 Å². The standard InChI is InChI=1S/C27H31ClN8O3/c1-4-24(38)31-22-14-21(17(16-37)13-23(22)36-11-9-35(3)10-12-36)33-27-30-15-19(28)25(34-27)32-20-8-6-5-7-18(20)26(39)29-2/h4-8,13-15,37H,1,9-12,16H2,2-3H3,(H,29,39)(H,31,38)(H2,30,32,33,34). The Bertz CT molecular complexity index is 1380. The van der Waals surface area contributed by atoms with Gasteiger partial charge in [-0.25, -0.2) is 4.98 Å². The van der Waals surface area contributed by atoms with Gasteiger partial charge in [0.15, 0.2) is 5.82 Å². The highest BCUT2D eigenvalue weighted by atomic mass is 35.5. The van der Waals surface area contributed by atoms with Crippen LogP contribution in [0.15, 0.2) is 55.3 Å². The molecule has 3 aromatic rings. The summed E-state index contributed by atoms with van der Waals surface area (Å²) in [5.41, 5.74) is 3.42. The first-order chi connectivity index (χ1) is 18.8. The number of likely N-dealkylation sites (N-methyl/N-ethyl adjacent to an activating group) is 1. The van der Waals surface area contributed by atoms with Gasteiger partial charge in [-0.2, -0.15) is 4.98 Å². The number of hydrogen-bond donors (Lipinski definition) is 5. The number of anilines is 6. The van der Waals surface area contributed by atoms with Crippen molar-refractivity contribution in [3.05, 3.63) is 71.4 Å². The topological polar surface area (TPSA) is 135 Å². The Labute approximate surface area is 231 Å². The van der Waals surface area contributed by atoms with Crippen molar-refractivity contribution in [3.8, 4) is 0 Å². The maximum atomic E-state index is 12.3. The highest BCUT2D eigenvalue weighted by Crippen LogP contribution is 2.35. The third-order valence-corrected chi connectivity index (χ3v) is 6.60. The molecule has 0 bridgehead atoms. The van der Waals surface area contributed by atoms with Gasteiger partial charge in [-0.05, 0) is 37.4 Å². The number of rotatable bonds is 9. The fourth-order valence-electron chi connectivity index (χ4n) is 4.16. The van der Waals surface area contributed by atoms with E-state index in [-0.39, 0.29) is 35.2 Å². The zero-order valence-electron chi connectivity index (χ0n) is 21.8. The Balaban J connectivity index is 1.67. The third kappa shape index (κ3) is 6.63. The summed E-state index contributed by atoms with van der Waals surface area (Å²) in [4.78, 5) is 37.7. The number of amides is 2. The predicted octanol–water partition coefficient (Wildman–Crippen LogP) is 3.35. The molecule has 0 atom stereocenters. The van der Waals surface area contributed by atoms with Crippen LogP contribution in [-0.2, 0) is 11.4 Å². The average molecular weight is 551 g/mol. The van der Waals surface area contributed by atoms with Gasteiger partial charge in [-0.3, -0.25) is 9.59 Å². The molecule has 204 valence electrons. The number of para-hydroxylation sites is 1. The Kier molecular flexibility index (Phi) is 8.97.